The van der Waals surface area contributed by atoms with E-state index in [9.17, 15) is 9.18 Å². The maximum absolute atomic E-state index is 13.3. The van der Waals surface area contributed by atoms with E-state index >= 15 is 0 Å². The molecule has 0 aromatic heterocycles. The van der Waals surface area contributed by atoms with Gasteiger partial charge in [-0.2, -0.15) is 0 Å². The molecule has 1 aliphatic heterocycles. The van der Waals surface area contributed by atoms with E-state index in [1.54, 1.807) is 11.0 Å². The first kappa shape index (κ1) is 13.3. The Morgan fingerprint density at radius 1 is 1.39 bits per heavy atom. The highest BCUT2D eigenvalue weighted by Crippen LogP contribution is 2.22. The Balaban J connectivity index is 2.23. The van der Waals surface area contributed by atoms with Crippen LogP contribution >= 0.6 is 11.6 Å². The van der Waals surface area contributed by atoms with E-state index in [4.69, 9.17) is 11.6 Å². The van der Waals surface area contributed by atoms with Crippen molar-refractivity contribution in [2.45, 2.75) is 25.9 Å². The van der Waals surface area contributed by atoms with E-state index in [1.165, 1.54) is 12.1 Å². The second kappa shape index (κ2) is 5.24. The Morgan fingerprint density at radius 3 is 2.61 bits per heavy atom. The van der Waals surface area contributed by atoms with Gasteiger partial charge in [-0.05, 0) is 26.0 Å². The van der Waals surface area contributed by atoms with Gasteiger partial charge in [0, 0.05) is 25.2 Å². The normalized spacial score (nSPS) is 24.1. The summed E-state index contributed by atoms with van der Waals surface area (Å²) in [6, 6.07) is 4.77. The van der Waals surface area contributed by atoms with Crippen LogP contribution in [0.25, 0.3) is 0 Å². The summed E-state index contributed by atoms with van der Waals surface area (Å²) in [5.41, 5.74) is 0.234. The number of hydrogen-bond donors (Lipinski definition) is 1. The van der Waals surface area contributed by atoms with Crippen LogP contribution in [0.3, 0.4) is 0 Å². The van der Waals surface area contributed by atoms with Crippen LogP contribution in [0.2, 0.25) is 5.02 Å². The van der Waals surface area contributed by atoms with Gasteiger partial charge in [0.1, 0.15) is 5.82 Å². The second-order valence-corrected chi connectivity index (χ2v) is 5.16. The number of carbonyl (C=O) groups is 1. The summed E-state index contributed by atoms with van der Waals surface area (Å²) in [5.74, 6) is -0.765. The number of rotatable bonds is 1. The molecule has 1 aromatic carbocycles. The van der Waals surface area contributed by atoms with Crippen molar-refractivity contribution in [3.05, 3.63) is 34.6 Å². The first-order chi connectivity index (χ1) is 8.49. The summed E-state index contributed by atoms with van der Waals surface area (Å²) >= 11 is 5.84. The fraction of sp³-hybridized carbons (Fsp3) is 0.462. The number of amides is 1. The quantitative estimate of drug-likeness (QED) is 0.849. The fourth-order valence-electron chi connectivity index (χ4n) is 2.33. The highest BCUT2D eigenvalue weighted by molar-refractivity contribution is 6.34. The zero-order valence-electron chi connectivity index (χ0n) is 10.4. The van der Waals surface area contributed by atoms with Crippen LogP contribution in [0.5, 0.6) is 0 Å². The van der Waals surface area contributed by atoms with Crippen molar-refractivity contribution in [3.8, 4) is 0 Å². The van der Waals surface area contributed by atoms with E-state index in [1.807, 2.05) is 13.8 Å². The third kappa shape index (κ3) is 2.65. The molecule has 0 unspecified atom stereocenters. The number of nitrogens with zero attached hydrogens (tertiary/aromatic N) is 1. The topological polar surface area (TPSA) is 32.3 Å². The van der Waals surface area contributed by atoms with Crippen molar-refractivity contribution in [2.24, 2.45) is 0 Å². The first-order valence-corrected chi connectivity index (χ1v) is 6.36. The van der Waals surface area contributed by atoms with Crippen LogP contribution in [0.4, 0.5) is 4.39 Å². The van der Waals surface area contributed by atoms with Gasteiger partial charge in [-0.3, -0.25) is 4.79 Å². The highest BCUT2D eigenvalue weighted by Gasteiger charge is 2.27. The van der Waals surface area contributed by atoms with Gasteiger partial charge in [0.05, 0.1) is 10.6 Å². The van der Waals surface area contributed by atoms with Crippen molar-refractivity contribution in [1.29, 1.82) is 0 Å². The van der Waals surface area contributed by atoms with E-state index in [-0.39, 0.29) is 28.6 Å². The molecule has 0 radical (unpaired) electrons. The monoisotopic (exact) mass is 270 g/mol. The Morgan fingerprint density at radius 2 is 2.00 bits per heavy atom. The van der Waals surface area contributed by atoms with Gasteiger partial charge in [-0.1, -0.05) is 17.7 Å². The molecule has 0 spiro atoms. The lowest BCUT2D eigenvalue weighted by Gasteiger charge is -2.36. The molecule has 1 heterocycles. The van der Waals surface area contributed by atoms with Crippen molar-refractivity contribution < 1.29 is 9.18 Å². The number of hydrogen-bond acceptors (Lipinski definition) is 2. The minimum atomic E-state index is -0.557. The van der Waals surface area contributed by atoms with Gasteiger partial charge < -0.3 is 10.2 Å². The Bertz CT molecular complexity index is 456. The van der Waals surface area contributed by atoms with E-state index in [0.717, 1.165) is 0 Å². The predicted octanol–water partition coefficient (Wildman–Crippen LogP) is 2.30. The first-order valence-electron chi connectivity index (χ1n) is 5.98. The zero-order valence-corrected chi connectivity index (χ0v) is 11.2. The minimum Gasteiger partial charge on any atom is -0.335 e. The number of nitrogens with one attached hydrogen (secondary N) is 1. The number of benzene rings is 1. The summed E-state index contributed by atoms with van der Waals surface area (Å²) in [5, 5.41) is 3.24. The van der Waals surface area contributed by atoms with Crippen LogP contribution in [0.15, 0.2) is 18.2 Å². The Hall–Kier alpha value is -1.13. The molecule has 1 aliphatic rings. The number of halogens is 2. The molecule has 1 amide bonds. The number of piperazine rings is 1. The lowest BCUT2D eigenvalue weighted by Crippen LogP contribution is -2.55. The van der Waals surface area contributed by atoms with Crippen molar-refractivity contribution in [3.63, 3.8) is 0 Å². The predicted molar refractivity (Wildman–Crippen MR) is 69.4 cm³/mol. The smallest absolute Gasteiger partial charge is 0.255 e. The maximum Gasteiger partial charge on any atom is 0.255 e. The Labute approximate surface area is 111 Å². The maximum atomic E-state index is 13.3. The van der Waals surface area contributed by atoms with Crippen LogP contribution in [0, 0.1) is 5.82 Å². The molecule has 98 valence electrons. The van der Waals surface area contributed by atoms with Gasteiger partial charge >= 0.3 is 0 Å². The standard InChI is InChI=1S/C13H16ClFN2O/c1-8-6-17(7-9(2)16-8)13(18)10-4-3-5-11(15)12(10)14/h3-5,8-9,16H,6-7H2,1-2H3/t8-,9-/m1/s1. The van der Waals surface area contributed by atoms with Gasteiger partial charge in [-0.15, -0.1) is 0 Å². The molecule has 3 nitrogen and oxygen atoms in total. The van der Waals surface area contributed by atoms with Crippen LogP contribution in [0.1, 0.15) is 24.2 Å². The lowest BCUT2D eigenvalue weighted by atomic mass is 10.1. The third-order valence-electron chi connectivity index (χ3n) is 3.03. The van der Waals surface area contributed by atoms with Crippen molar-refractivity contribution in [1.82, 2.24) is 10.2 Å². The SMILES string of the molecule is C[C@@H]1CN(C(=O)c2cccc(F)c2Cl)C[C@@H](C)N1. The molecule has 1 N–H and O–H groups in total. The second-order valence-electron chi connectivity index (χ2n) is 4.78. The van der Waals surface area contributed by atoms with Crippen LogP contribution in [-0.2, 0) is 0 Å². The van der Waals surface area contributed by atoms with E-state index in [0.29, 0.717) is 13.1 Å². The molecule has 1 saturated heterocycles. The summed E-state index contributed by atoms with van der Waals surface area (Å²) in [7, 11) is 0. The zero-order chi connectivity index (χ0) is 13.3. The molecule has 1 aromatic rings. The average molecular weight is 271 g/mol. The van der Waals surface area contributed by atoms with Gasteiger partial charge in [-0.25, -0.2) is 4.39 Å². The molecule has 0 saturated carbocycles. The molecule has 0 aliphatic carbocycles. The molecule has 0 bridgehead atoms. The summed E-state index contributed by atoms with van der Waals surface area (Å²) in [6.07, 6.45) is 0. The summed E-state index contributed by atoms with van der Waals surface area (Å²) < 4.78 is 13.3. The molecule has 2 atom stereocenters. The molecule has 5 heteroatoms. The minimum absolute atomic E-state index is 0.0960. The average Bonchev–Trinajstić information content (AvgIpc) is 2.30. The Kier molecular flexibility index (Phi) is 3.88. The molecular weight excluding hydrogens is 255 g/mol. The van der Waals surface area contributed by atoms with Crippen molar-refractivity contribution >= 4 is 17.5 Å². The van der Waals surface area contributed by atoms with Gasteiger partial charge in [0.2, 0.25) is 0 Å². The lowest BCUT2D eigenvalue weighted by molar-refractivity contribution is 0.0673. The molecule has 18 heavy (non-hydrogen) atoms. The largest absolute Gasteiger partial charge is 0.335 e. The highest BCUT2D eigenvalue weighted by atomic mass is 35.5. The van der Waals surface area contributed by atoms with Gasteiger partial charge in [0.15, 0.2) is 0 Å². The van der Waals surface area contributed by atoms with Crippen LogP contribution in [-0.4, -0.2) is 36.0 Å². The summed E-state index contributed by atoms with van der Waals surface area (Å²) in [6.45, 7) is 5.25. The fourth-order valence-corrected chi connectivity index (χ4v) is 2.54. The molecule has 1 fully saturated rings. The van der Waals surface area contributed by atoms with Gasteiger partial charge in [0.25, 0.3) is 5.91 Å². The molecular formula is C13H16ClFN2O. The van der Waals surface area contributed by atoms with E-state index in [2.05, 4.69) is 5.32 Å². The van der Waals surface area contributed by atoms with Crippen molar-refractivity contribution in [2.75, 3.05) is 13.1 Å². The number of carbonyl (C=O) groups excluding carboxylic acids is 1. The van der Waals surface area contributed by atoms with E-state index < -0.39 is 5.82 Å². The third-order valence-corrected chi connectivity index (χ3v) is 3.41. The summed E-state index contributed by atoms with van der Waals surface area (Å²) in [4.78, 5) is 14.0. The van der Waals surface area contributed by atoms with Crippen LogP contribution < -0.4 is 5.32 Å². The molecule has 2 rings (SSSR count).